The number of nitrogens with zero attached hydrogens (tertiary/aromatic N) is 6. The summed E-state index contributed by atoms with van der Waals surface area (Å²) in [4.78, 5) is 23.4. The van der Waals surface area contributed by atoms with Crippen LogP contribution in [0.4, 0.5) is 5.95 Å². The van der Waals surface area contributed by atoms with Crippen molar-refractivity contribution in [3.05, 3.63) is 118 Å². The fourth-order valence-electron chi connectivity index (χ4n) is 6.86. The molecule has 0 amide bonds. The molecule has 304 valence electrons. The second kappa shape index (κ2) is 20.1. The molecule has 1 aliphatic rings. The molecule has 14 heteroatoms. The van der Waals surface area contributed by atoms with Crippen molar-refractivity contribution in [2.24, 2.45) is 4.99 Å². The Bertz CT molecular complexity index is 1950. The minimum atomic E-state index is -1.65. The van der Waals surface area contributed by atoms with E-state index >= 15 is 0 Å². The van der Waals surface area contributed by atoms with Crippen molar-refractivity contribution in [2.45, 2.75) is 83.6 Å². The highest BCUT2D eigenvalue weighted by Gasteiger charge is 2.45. The van der Waals surface area contributed by atoms with E-state index in [1.807, 2.05) is 80.8 Å². The number of ether oxygens (including phenoxy) is 4. The van der Waals surface area contributed by atoms with E-state index in [1.165, 1.54) is 0 Å². The van der Waals surface area contributed by atoms with Gasteiger partial charge in [0.2, 0.25) is 5.95 Å². The van der Waals surface area contributed by atoms with E-state index in [-0.39, 0.29) is 43.2 Å². The standard InChI is InChI=1S/C43H55N6O7P/c1-30(2)49(31(3)4)57(54-25-13-24-44)56-38-26-40(48-27-32(5)41(50)46-42(48)45-29-47(6)7)55-39(38)28-53-43(33-14-11-10-12-15-33,34-16-20-36(51-8)21-17-34)35-18-22-37(52-9)23-19-35/h10-12,14-23,27,29-31,38-40H,13,25-26,28H2,1-9H3/b45-29+/t38-,39-,40-,57?/m1/s1. The van der Waals surface area contributed by atoms with Crippen LogP contribution in [0.15, 0.2) is 94.8 Å². The molecule has 1 saturated heterocycles. The summed E-state index contributed by atoms with van der Waals surface area (Å²) < 4.78 is 42.7. The van der Waals surface area contributed by atoms with Crippen LogP contribution in [0.5, 0.6) is 11.5 Å². The first-order chi connectivity index (χ1) is 27.4. The SMILES string of the molecule is COc1ccc(C(OC[C@H]2O[C@@H](n3cc(C)c(=O)nc3/N=C/N(C)C)C[C@H]2OP(OCCC#N)N(C(C)C)C(C)C)(c2ccccc2)c2ccc(OC)cc2)cc1. The maximum Gasteiger partial charge on any atom is 0.277 e. The maximum absolute atomic E-state index is 12.8. The van der Waals surface area contributed by atoms with Crippen LogP contribution in [0.2, 0.25) is 0 Å². The van der Waals surface area contributed by atoms with Crippen molar-refractivity contribution in [2.75, 3.05) is 41.5 Å². The Kier molecular flexibility index (Phi) is 15.4. The molecule has 1 unspecified atom stereocenters. The average Bonchev–Trinajstić information content (AvgIpc) is 3.60. The molecule has 1 fully saturated rings. The Balaban J connectivity index is 1.63. The second-order valence-corrected chi connectivity index (χ2v) is 15.9. The molecule has 0 radical (unpaired) electrons. The predicted molar refractivity (Wildman–Crippen MR) is 222 cm³/mol. The van der Waals surface area contributed by atoms with Crippen molar-refractivity contribution in [1.29, 1.82) is 5.26 Å². The third-order valence-electron chi connectivity index (χ3n) is 9.52. The number of hydrogen-bond donors (Lipinski definition) is 0. The average molecular weight is 799 g/mol. The van der Waals surface area contributed by atoms with Gasteiger partial charge < -0.3 is 32.9 Å². The van der Waals surface area contributed by atoms with Gasteiger partial charge in [0, 0.05) is 44.4 Å². The highest BCUT2D eigenvalue weighted by molar-refractivity contribution is 7.44. The molecular weight excluding hydrogens is 743 g/mol. The zero-order valence-electron chi connectivity index (χ0n) is 34.4. The van der Waals surface area contributed by atoms with E-state index < -0.39 is 32.6 Å². The van der Waals surface area contributed by atoms with Gasteiger partial charge in [-0.05, 0) is 75.6 Å². The highest BCUT2D eigenvalue weighted by atomic mass is 31.2. The van der Waals surface area contributed by atoms with Gasteiger partial charge in [-0.3, -0.25) is 9.36 Å². The Labute approximate surface area is 337 Å². The molecule has 1 aromatic heterocycles. The van der Waals surface area contributed by atoms with Gasteiger partial charge in [0.25, 0.3) is 14.1 Å². The van der Waals surface area contributed by atoms with Gasteiger partial charge in [-0.25, -0.2) is 9.66 Å². The van der Waals surface area contributed by atoms with Crippen LogP contribution in [-0.4, -0.2) is 91.3 Å². The van der Waals surface area contributed by atoms with E-state index in [4.69, 9.17) is 28.0 Å². The smallest absolute Gasteiger partial charge is 0.277 e. The molecule has 0 spiro atoms. The summed E-state index contributed by atoms with van der Waals surface area (Å²) in [7, 11) is 5.33. The number of methoxy groups -OCH3 is 2. The van der Waals surface area contributed by atoms with Crippen molar-refractivity contribution >= 4 is 20.8 Å². The molecule has 0 saturated carbocycles. The fraction of sp³-hybridized carbons (Fsp3) is 0.442. The van der Waals surface area contributed by atoms with E-state index in [2.05, 4.69) is 60.5 Å². The van der Waals surface area contributed by atoms with Gasteiger partial charge in [0.05, 0.1) is 52.4 Å². The zero-order valence-corrected chi connectivity index (χ0v) is 35.3. The van der Waals surface area contributed by atoms with Gasteiger partial charge in [-0.2, -0.15) is 10.2 Å². The lowest BCUT2D eigenvalue weighted by molar-refractivity contribution is -0.0917. The molecule has 4 atom stereocenters. The minimum Gasteiger partial charge on any atom is -0.497 e. The monoisotopic (exact) mass is 798 g/mol. The van der Waals surface area contributed by atoms with E-state index in [1.54, 1.807) is 43.1 Å². The Morgan fingerprint density at radius 3 is 2.07 bits per heavy atom. The first-order valence-corrected chi connectivity index (χ1v) is 20.2. The Morgan fingerprint density at radius 2 is 1.54 bits per heavy atom. The Morgan fingerprint density at radius 1 is 0.965 bits per heavy atom. The van der Waals surface area contributed by atoms with Crippen molar-refractivity contribution in [3.63, 3.8) is 0 Å². The lowest BCUT2D eigenvalue weighted by atomic mass is 9.80. The van der Waals surface area contributed by atoms with E-state index in [9.17, 15) is 10.1 Å². The molecule has 13 nitrogen and oxygen atoms in total. The predicted octanol–water partition coefficient (Wildman–Crippen LogP) is 7.75. The fourth-order valence-corrected chi connectivity index (χ4v) is 8.61. The van der Waals surface area contributed by atoms with E-state index in [0.717, 1.165) is 16.7 Å². The molecule has 5 rings (SSSR count). The lowest BCUT2D eigenvalue weighted by Gasteiger charge is -2.39. The topological polar surface area (TPSA) is 133 Å². The van der Waals surface area contributed by atoms with Gasteiger partial charge in [-0.1, -0.05) is 54.6 Å². The number of aliphatic imine (C=N–C) groups is 1. The van der Waals surface area contributed by atoms with Crippen LogP contribution in [0.1, 0.15) is 69.0 Å². The lowest BCUT2D eigenvalue weighted by Crippen LogP contribution is -2.39. The molecule has 0 N–H and O–H groups in total. The molecule has 4 aromatic rings. The molecule has 3 aromatic carbocycles. The molecule has 2 heterocycles. The second-order valence-electron chi connectivity index (χ2n) is 14.5. The maximum atomic E-state index is 12.8. The minimum absolute atomic E-state index is 0.0830. The zero-order chi connectivity index (χ0) is 41.1. The van der Waals surface area contributed by atoms with E-state index in [0.29, 0.717) is 23.5 Å². The number of benzene rings is 3. The summed E-state index contributed by atoms with van der Waals surface area (Å²) in [6, 6.07) is 28.2. The summed E-state index contributed by atoms with van der Waals surface area (Å²) in [5.41, 5.74) is 1.63. The molecule has 1 aliphatic heterocycles. The van der Waals surface area contributed by atoms with Gasteiger partial charge >= 0.3 is 0 Å². The summed E-state index contributed by atoms with van der Waals surface area (Å²) in [5.74, 6) is 1.64. The quantitative estimate of drug-likeness (QED) is 0.0303. The van der Waals surface area contributed by atoms with Gasteiger partial charge in [-0.15, -0.1) is 0 Å². The number of aryl methyl sites for hydroxylation is 1. The van der Waals surface area contributed by atoms with Crippen molar-refractivity contribution in [3.8, 4) is 17.6 Å². The molecule has 0 aliphatic carbocycles. The van der Waals surface area contributed by atoms with Crippen LogP contribution in [0.25, 0.3) is 0 Å². The first-order valence-electron chi connectivity index (χ1n) is 19.1. The third-order valence-corrected chi connectivity index (χ3v) is 11.7. The molecule has 0 bridgehead atoms. The number of hydrogen-bond acceptors (Lipinski definition) is 11. The first kappa shape index (κ1) is 43.5. The van der Waals surface area contributed by atoms with Crippen LogP contribution in [0.3, 0.4) is 0 Å². The summed E-state index contributed by atoms with van der Waals surface area (Å²) in [6.45, 7) is 10.4. The number of nitriles is 1. The van der Waals surface area contributed by atoms with Crippen LogP contribution >= 0.6 is 8.53 Å². The normalized spacial score (nSPS) is 17.7. The third kappa shape index (κ3) is 10.4. The number of rotatable bonds is 19. The molecule has 57 heavy (non-hydrogen) atoms. The summed E-state index contributed by atoms with van der Waals surface area (Å²) in [5, 5.41) is 9.38. The highest BCUT2D eigenvalue weighted by Crippen LogP contribution is 2.51. The number of aromatic nitrogens is 2. The Hall–Kier alpha value is -4.67. The van der Waals surface area contributed by atoms with Crippen molar-refractivity contribution < 1.29 is 28.0 Å². The van der Waals surface area contributed by atoms with Gasteiger partial charge in [0.15, 0.2) is 0 Å². The largest absolute Gasteiger partial charge is 0.497 e. The van der Waals surface area contributed by atoms with Crippen LogP contribution in [-0.2, 0) is 24.1 Å². The van der Waals surface area contributed by atoms with Crippen LogP contribution < -0.4 is 15.0 Å². The van der Waals surface area contributed by atoms with Crippen molar-refractivity contribution in [1.82, 2.24) is 19.1 Å². The summed E-state index contributed by atoms with van der Waals surface area (Å²) >= 11 is 0. The molecular formula is C43H55N6O7P. The van der Waals surface area contributed by atoms with Crippen LogP contribution in [0, 0.1) is 18.3 Å². The summed E-state index contributed by atoms with van der Waals surface area (Å²) in [6.07, 6.45) is 2.12. The van der Waals surface area contributed by atoms with Gasteiger partial charge in [0.1, 0.15) is 29.4 Å².